The van der Waals surface area contributed by atoms with Crippen LogP contribution in [0.5, 0.6) is 11.5 Å². The molecule has 184 valence electrons. The molecule has 0 unspecified atom stereocenters. The van der Waals surface area contributed by atoms with Gasteiger partial charge in [-0.2, -0.15) is 0 Å². The number of amides is 1. The summed E-state index contributed by atoms with van der Waals surface area (Å²) in [7, 11) is 0.563. The Labute approximate surface area is 206 Å². The molecule has 1 aliphatic carbocycles. The number of sulfonamides is 1. The molecule has 0 heterocycles. The number of hydrogen-bond donors (Lipinski definition) is 1. The van der Waals surface area contributed by atoms with Gasteiger partial charge < -0.3 is 14.8 Å². The summed E-state index contributed by atoms with van der Waals surface area (Å²) in [6.07, 6.45) is 3.39. The molecule has 0 aromatic heterocycles. The van der Waals surface area contributed by atoms with Crippen molar-refractivity contribution in [3.63, 3.8) is 0 Å². The summed E-state index contributed by atoms with van der Waals surface area (Å²) in [5.41, 5.74) is 4.74. The number of benzene rings is 3. The van der Waals surface area contributed by atoms with Crippen molar-refractivity contribution in [1.82, 2.24) is 5.32 Å². The molecule has 1 aliphatic rings. The lowest BCUT2D eigenvalue weighted by molar-refractivity contribution is 0.0940. The van der Waals surface area contributed by atoms with Crippen LogP contribution in [0.2, 0.25) is 0 Å². The third-order valence-electron chi connectivity index (χ3n) is 6.48. The summed E-state index contributed by atoms with van der Waals surface area (Å²) < 4.78 is 37.9. The van der Waals surface area contributed by atoms with Gasteiger partial charge in [-0.1, -0.05) is 18.2 Å². The predicted molar refractivity (Wildman–Crippen MR) is 136 cm³/mol. The largest absolute Gasteiger partial charge is 0.493 e. The minimum absolute atomic E-state index is 0.0719. The third kappa shape index (κ3) is 4.98. The zero-order valence-electron chi connectivity index (χ0n) is 20.4. The summed E-state index contributed by atoms with van der Waals surface area (Å²) in [5, 5.41) is 3.04. The van der Waals surface area contributed by atoms with Gasteiger partial charge in [0.15, 0.2) is 11.5 Å². The van der Waals surface area contributed by atoms with E-state index in [1.165, 1.54) is 55.3 Å². The Morgan fingerprint density at radius 3 is 2.29 bits per heavy atom. The first-order chi connectivity index (χ1) is 16.7. The molecule has 7 nitrogen and oxygen atoms in total. The fraction of sp³-hybridized carbons (Fsp3) is 0.296. The average Bonchev–Trinajstić information content (AvgIpc) is 3.35. The van der Waals surface area contributed by atoms with Crippen molar-refractivity contribution in [2.45, 2.75) is 37.1 Å². The van der Waals surface area contributed by atoms with Crippen LogP contribution in [0.4, 0.5) is 5.69 Å². The number of carbonyl (C=O) groups excluding carboxylic acids is 1. The van der Waals surface area contributed by atoms with E-state index in [9.17, 15) is 13.2 Å². The van der Waals surface area contributed by atoms with Crippen LogP contribution in [-0.2, 0) is 22.9 Å². The maximum absolute atomic E-state index is 13.2. The molecule has 3 aromatic rings. The van der Waals surface area contributed by atoms with Crippen LogP contribution in [0.25, 0.3) is 0 Å². The van der Waals surface area contributed by atoms with E-state index in [0.717, 1.165) is 18.4 Å². The van der Waals surface area contributed by atoms with E-state index in [2.05, 4.69) is 23.5 Å². The Morgan fingerprint density at radius 2 is 1.60 bits per heavy atom. The Kier molecular flexibility index (Phi) is 7.03. The van der Waals surface area contributed by atoms with Gasteiger partial charge in [0.25, 0.3) is 15.9 Å². The van der Waals surface area contributed by atoms with Crippen molar-refractivity contribution in [2.24, 2.45) is 0 Å². The number of anilines is 1. The van der Waals surface area contributed by atoms with Gasteiger partial charge >= 0.3 is 0 Å². The number of aryl methyl sites for hydroxylation is 2. The molecule has 1 N–H and O–H groups in total. The number of carbonyl (C=O) groups is 1. The Balaban J connectivity index is 1.47. The highest BCUT2D eigenvalue weighted by molar-refractivity contribution is 7.92. The molecule has 8 heteroatoms. The molecule has 4 rings (SSSR count). The third-order valence-corrected chi connectivity index (χ3v) is 8.26. The maximum atomic E-state index is 13.2. The summed E-state index contributed by atoms with van der Waals surface area (Å²) in [6, 6.07) is 17.2. The monoisotopic (exact) mass is 494 g/mol. The van der Waals surface area contributed by atoms with Gasteiger partial charge in [-0.05, 0) is 79.3 Å². The van der Waals surface area contributed by atoms with Crippen molar-refractivity contribution in [3.8, 4) is 11.5 Å². The molecule has 0 saturated heterocycles. The van der Waals surface area contributed by atoms with Crippen LogP contribution < -0.4 is 19.1 Å². The van der Waals surface area contributed by atoms with Crippen molar-refractivity contribution in [1.29, 1.82) is 0 Å². The van der Waals surface area contributed by atoms with Crippen LogP contribution in [0.3, 0.4) is 0 Å². The van der Waals surface area contributed by atoms with E-state index < -0.39 is 10.0 Å². The minimum Gasteiger partial charge on any atom is -0.493 e. The Bertz CT molecular complexity index is 1340. The lowest BCUT2D eigenvalue weighted by atomic mass is 10.0. The van der Waals surface area contributed by atoms with Crippen molar-refractivity contribution < 1.29 is 22.7 Å². The van der Waals surface area contributed by atoms with Gasteiger partial charge in [-0.25, -0.2) is 8.42 Å². The summed E-state index contributed by atoms with van der Waals surface area (Å²) in [4.78, 5) is 12.9. The molecule has 0 bridgehead atoms. The minimum atomic E-state index is -3.85. The van der Waals surface area contributed by atoms with E-state index in [-0.39, 0.29) is 16.8 Å². The second-order valence-electron chi connectivity index (χ2n) is 8.61. The lowest BCUT2D eigenvalue weighted by Crippen LogP contribution is -2.28. The normalized spacial score (nSPS) is 13.6. The molecule has 0 saturated carbocycles. The van der Waals surface area contributed by atoms with E-state index in [4.69, 9.17) is 9.47 Å². The maximum Gasteiger partial charge on any atom is 0.264 e. The summed E-state index contributed by atoms with van der Waals surface area (Å²) in [6.45, 7) is 1.96. The SMILES string of the molecule is COc1ccc(S(=O)(=O)N(C)c2ccc(C(=O)N[C@@H](C)c3ccc4c(c3)CCC4)cc2)cc1OC. The number of rotatable bonds is 8. The van der Waals surface area contributed by atoms with E-state index >= 15 is 0 Å². The summed E-state index contributed by atoms with van der Waals surface area (Å²) >= 11 is 0. The van der Waals surface area contributed by atoms with E-state index in [1.54, 1.807) is 30.3 Å². The second kappa shape index (κ2) is 10.00. The first-order valence-electron chi connectivity index (χ1n) is 11.5. The predicted octanol–water partition coefficient (Wildman–Crippen LogP) is 4.51. The lowest BCUT2D eigenvalue weighted by Gasteiger charge is -2.21. The zero-order chi connectivity index (χ0) is 25.2. The molecule has 0 spiro atoms. The van der Waals surface area contributed by atoms with Gasteiger partial charge in [0.1, 0.15) is 0 Å². The summed E-state index contributed by atoms with van der Waals surface area (Å²) in [5.74, 6) is 0.556. The van der Waals surface area contributed by atoms with Crippen LogP contribution in [0.1, 0.15) is 46.4 Å². The van der Waals surface area contributed by atoms with Gasteiger partial charge in [0, 0.05) is 18.7 Å². The second-order valence-corrected chi connectivity index (χ2v) is 10.6. The molecule has 0 aliphatic heterocycles. The molecular formula is C27H30N2O5S. The number of ether oxygens (including phenoxy) is 2. The van der Waals surface area contributed by atoms with Crippen LogP contribution in [0, 0.1) is 0 Å². The first kappa shape index (κ1) is 24.6. The first-order valence-corrected chi connectivity index (χ1v) is 12.9. The molecule has 1 atom stereocenters. The number of nitrogens with zero attached hydrogens (tertiary/aromatic N) is 1. The molecule has 35 heavy (non-hydrogen) atoms. The highest BCUT2D eigenvalue weighted by Gasteiger charge is 2.23. The Morgan fingerprint density at radius 1 is 0.914 bits per heavy atom. The molecule has 1 amide bonds. The van der Waals surface area contributed by atoms with Gasteiger partial charge in [-0.15, -0.1) is 0 Å². The van der Waals surface area contributed by atoms with Gasteiger partial charge in [0.05, 0.1) is 30.8 Å². The standard InChI is InChI=1S/C27H30N2O5S/c1-18(21-9-8-19-6-5-7-22(19)16-21)28-27(30)20-10-12-23(13-11-20)29(2)35(31,32)24-14-15-25(33-3)26(17-24)34-4/h8-18H,5-7H2,1-4H3,(H,28,30)/t18-/m0/s1. The molecule has 3 aromatic carbocycles. The average molecular weight is 495 g/mol. The van der Waals surface area contributed by atoms with E-state index in [0.29, 0.717) is 22.7 Å². The highest BCUT2D eigenvalue weighted by Crippen LogP contribution is 2.32. The van der Waals surface area contributed by atoms with Crippen LogP contribution >= 0.6 is 0 Å². The van der Waals surface area contributed by atoms with Gasteiger partial charge in [0.2, 0.25) is 0 Å². The van der Waals surface area contributed by atoms with Crippen molar-refractivity contribution >= 4 is 21.6 Å². The van der Waals surface area contributed by atoms with Crippen LogP contribution in [0.15, 0.2) is 65.6 Å². The van der Waals surface area contributed by atoms with Gasteiger partial charge in [-0.3, -0.25) is 9.10 Å². The van der Waals surface area contributed by atoms with Crippen molar-refractivity contribution in [3.05, 3.63) is 82.9 Å². The molecule has 0 radical (unpaired) electrons. The fourth-order valence-electron chi connectivity index (χ4n) is 4.32. The molecular weight excluding hydrogens is 464 g/mol. The van der Waals surface area contributed by atoms with E-state index in [1.807, 2.05) is 6.92 Å². The topological polar surface area (TPSA) is 84.9 Å². The number of methoxy groups -OCH3 is 2. The zero-order valence-corrected chi connectivity index (χ0v) is 21.2. The highest BCUT2D eigenvalue weighted by atomic mass is 32.2. The number of fused-ring (bicyclic) bond motifs is 1. The van der Waals surface area contributed by atoms with Crippen LogP contribution in [-0.4, -0.2) is 35.6 Å². The number of nitrogens with one attached hydrogen (secondary N) is 1. The fourth-order valence-corrected chi connectivity index (χ4v) is 5.53. The van der Waals surface area contributed by atoms with Crippen molar-refractivity contribution in [2.75, 3.05) is 25.6 Å². The number of hydrogen-bond acceptors (Lipinski definition) is 5. The quantitative estimate of drug-likeness (QED) is 0.498. The smallest absolute Gasteiger partial charge is 0.264 e. The molecule has 0 fully saturated rings. The Hall–Kier alpha value is -3.52.